The molecule has 6 nitrogen and oxygen atoms in total. The van der Waals surface area contributed by atoms with Gasteiger partial charge in [0.15, 0.2) is 6.10 Å². The van der Waals surface area contributed by atoms with Crippen molar-refractivity contribution in [3.63, 3.8) is 0 Å². The van der Waals surface area contributed by atoms with Gasteiger partial charge < -0.3 is 4.42 Å². The van der Waals surface area contributed by atoms with Crippen LogP contribution in [0.15, 0.2) is 89.3 Å². The highest BCUT2D eigenvalue weighted by Crippen LogP contribution is 2.48. The Hall–Kier alpha value is -3.29. The number of rotatable bonds is 4. The number of fused-ring (bicyclic) bond motifs is 1. The minimum atomic E-state index is -1.01. The lowest BCUT2D eigenvalue weighted by Gasteiger charge is -2.27. The van der Waals surface area contributed by atoms with Crippen LogP contribution in [0, 0.1) is 5.92 Å². The van der Waals surface area contributed by atoms with E-state index >= 15 is 0 Å². The SMILES string of the molecule is O=C1[C@H]2[C@H](ON(c3ccccc3)[C@@H]2c2ccc(-c3ccc(Cl)cc3Cl)o2)C(=O)N1c1ccc(Cl)cc1. The molecule has 2 aliphatic heterocycles. The normalized spacial score (nSPS) is 21.4. The molecule has 0 spiro atoms. The third-order valence-electron chi connectivity index (χ3n) is 6.33. The van der Waals surface area contributed by atoms with Crippen LogP contribution in [0.1, 0.15) is 11.8 Å². The molecular weight excluding hydrogens is 523 g/mol. The third kappa shape index (κ3) is 3.78. The summed E-state index contributed by atoms with van der Waals surface area (Å²) in [7, 11) is 0. The second-order valence-electron chi connectivity index (χ2n) is 8.47. The Bertz CT molecular complexity index is 1470. The average molecular weight is 540 g/mol. The number of hydrogen-bond acceptors (Lipinski definition) is 5. The van der Waals surface area contributed by atoms with Crippen molar-refractivity contribution in [3.05, 3.63) is 106 Å². The standard InChI is InChI=1S/C27H17Cl3N2O4/c28-15-6-9-17(10-7-15)31-26(33)23-24(32(36-25(23)27(31)34)18-4-2-1-3-5-18)22-13-12-21(35-22)19-11-8-16(29)14-20(19)30/h1-14,23-25H/t23-,24-,25+/m1/s1. The Balaban J connectivity index is 1.42. The number of carbonyl (C=O) groups excluding carboxylic acids is 2. The summed E-state index contributed by atoms with van der Waals surface area (Å²) in [4.78, 5) is 34.4. The minimum Gasteiger partial charge on any atom is -0.459 e. The summed E-state index contributed by atoms with van der Waals surface area (Å²) >= 11 is 18.4. The first-order valence-corrected chi connectivity index (χ1v) is 12.3. The Morgan fingerprint density at radius 3 is 2.17 bits per heavy atom. The second-order valence-corrected chi connectivity index (χ2v) is 9.75. The van der Waals surface area contributed by atoms with Crippen molar-refractivity contribution in [2.24, 2.45) is 5.92 Å². The Kier molecular flexibility index (Phi) is 5.77. The second kappa shape index (κ2) is 8.98. The molecule has 0 bridgehead atoms. The van der Waals surface area contributed by atoms with Crippen LogP contribution in [0.25, 0.3) is 11.3 Å². The van der Waals surface area contributed by atoms with Crippen LogP contribution in [-0.2, 0) is 14.4 Å². The number of imide groups is 1. The Morgan fingerprint density at radius 1 is 0.722 bits per heavy atom. The number of anilines is 2. The van der Waals surface area contributed by atoms with Gasteiger partial charge in [-0.25, -0.2) is 9.96 Å². The molecular formula is C27H17Cl3N2O4. The van der Waals surface area contributed by atoms with E-state index in [4.69, 9.17) is 44.1 Å². The molecule has 0 aliphatic carbocycles. The molecule has 36 heavy (non-hydrogen) atoms. The van der Waals surface area contributed by atoms with E-state index in [1.54, 1.807) is 59.7 Å². The Morgan fingerprint density at radius 2 is 1.44 bits per heavy atom. The maximum Gasteiger partial charge on any atom is 0.266 e. The number of hydroxylamine groups is 1. The van der Waals surface area contributed by atoms with Crippen molar-refractivity contribution in [2.75, 3.05) is 9.96 Å². The number of nitrogens with zero attached hydrogens (tertiary/aromatic N) is 2. The van der Waals surface area contributed by atoms with Crippen molar-refractivity contribution in [1.82, 2.24) is 0 Å². The molecule has 2 amide bonds. The topological polar surface area (TPSA) is 63.0 Å². The van der Waals surface area contributed by atoms with E-state index in [1.165, 1.54) is 0 Å². The van der Waals surface area contributed by atoms with Crippen LogP contribution >= 0.6 is 34.8 Å². The summed E-state index contributed by atoms with van der Waals surface area (Å²) in [6, 6.07) is 23.8. The number of halogens is 3. The molecule has 0 N–H and O–H groups in total. The quantitative estimate of drug-likeness (QED) is 0.262. The first kappa shape index (κ1) is 23.1. The van der Waals surface area contributed by atoms with E-state index in [1.807, 2.05) is 30.3 Å². The molecule has 0 radical (unpaired) electrons. The number of benzene rings is 3. The van der Waals surface area contributed by atoms with Crippen LogP contribution in [0.2, 0.25) is 15.1 Å². The number of furan rings is 1. The largest absolute Gasteiger partial charge is 0.459 e. The molecule has 180 valence electrons. The number of para-hydroxylation sites is 1. The molecule has 3 heterocycles. The van der Waals surface area contributed by atoms with Crippen LogP contribution in [0.5, 0.6) is 0 Å². The molecule has 6 rings (SSSR count). The van der Waals surface area contributed by atoms with E-state index in [9.17, 15) is 9.59 Å². The molecule has 1 aromatic heterocycles. The van der Waals surface area contributed by atoms with Crippen LogP contribution < -0.4 is 9.96 Å². The van der Waals surface area contributed by atoms with Gasteiger partial charge in [0.2, 0.25) is 5.91 Å². The van der Waals surface area contributed by atoms with Gasteiger partial charge in [0.1, 0.15) is 23.5 Å². The smallest absolute Gasteiger partial charge is 0.266 e. The predicted molar refractivity (Wildman–Crippen MR) is 138 cm³/mol. The average Bonchev–Trinajstić information content (AvgIpc) is 3.56. The monoisotopic (exact) mass is 538 g/mol. The van der Waals surface area contributed by atoms with Gasteiger partial charge in [-0.05, 0) is 66.7 Å². The zero-order valence-electron chi connectivity index (χ0n) is 18.5. The van der Waals surface area contributed by atoms with Gasteiger partial charge >= 0.3 is 0 Å². The summed E-state index contributed by atoms with van der Waals surface area (Å²) in [5.41, 5.74) is 1.79. The molecule has 0 saturated carbocycles. The molecule has 2 fully saturated rings. The maximum atomic E-state index is 13.7. The van der Waals surface area contributed by atoms with Crippen molar-refractivity contribution in [3.8, 4) is 11.3 Å². The first-order chi connectivity index (χ1) is 17.4. The highest BCUT2D eigenvalue weighted by atomic mass is 35.5. The lowest BCUT2D eigenvalue weighted by Crippen LogP contribution is -2.37. The molecule has 3 atom stereocenters. The molecule has 2 aliphatic rings. The van der Waals surface area contributed by atoms with E-state index in [2.05, 4.69) is 0 Å². The lowest BCUT2D eigenvalue weighted by atomic mass is 9.94. The van der Waals surface area contributed by atoms with E-state index in [0.29, 0.717) is 43.5 Å². The fourth-order valence-electron chi connectivity index (χ4n) is 4.69. The van der Waals surface area contributed by atoms with Crippen molar-refractivity contribution < 1.29 is 18.8 Å². The van der Waals surface area contributed by atoms with E-state index in [-0.39, 0.29) is 5.91 Å². The van der Waals surface area contributed by atoms with E-state index in [0.717, 1.165) is 4.90 Å². The van der Waals surface area contributed by atoms with Crippen LogP contribution in [-0.4, -0.2) is 17.9 Å². The number of hydrogen-bond donors (Lipinski definition) is 0. The van der Waals surface area contributed by atoms with Crippen LogP contribution in [0.4, 0.5) is 11.4 Å². The van der Waals surface area contributed by atoms with Crippen molar-refractivity contribution in [2.45, 2.75) is 12.1 Å². The summed E-state index contributed by atoms with van der Waals surface area (Å²) < 4.78 is 6.23. The number of amides is 2. The minimum absolute atomic E-state index is 0.377. The molecule has 3 aromatic carbocycles. The van der Waals surface area contributed by atoms with Crippen LogP contribution in [0.3, 0.4) is 0 Å². The first-order valence-electron chi connectivity index (χ1n) is 11.1. The summed E-state index contributed by atoms with van der Waals surface area (Å²) in [5.74, 6) is -0.671. The summed E-state index contributed by atoms with van der Waals surface area (Å²) in [6.07, 6.45) is -1.01. The van der Waals surface area contributed by atoms with Gasteiger partial charge in [0.05, 0.1) is 16.4 Å². The molecule has 9 heteroatoms. The van der Waals surface area contributed by atoms with Gasteiger partial charge in [-0.3, -0.25) is 14.4 Å². The van der Waals surface area contributed by atoms with Crippen molar-refractivity contribution >= 4 is 58.0 Å². The lowest BCUT2D eigenvalue weighted by molar-refractivity contribution is -0.126. The highest BCUT2D eigenvalue weighted by molar-refractivity contribution is 6.36. The van der Waals surface area contributed by atoms with Gasteiger partial charge in [0.25, 0.3) is 5.91 Å². The zero-order chi connectivity index (χ0) is 25.0. The Labute approximate surface area is 221 Å². The third-order valence-corrected chi connectivity index (χ3v) is 7.13. The van der Waals surface area contributed by atoms with Gasteiger partial charge in [0, 0.05) is 15.6 Å². The van der Waals surface area contributed by atoms with E-state index < -0.39 is 24.0 Å². The summed E-state index contributed by atoms with van der Waals surface area (Å²) in [5, 5.41) is 3.03. The fraction of sp³-hybridized carbons (Fsp3) is 0.111. The number of carbonyl (C=O) groups is 2. The predicted octanol–water partition coefficient (Wildman–Crippen LogP) is 6.96. The fourth-order valence-corrected chi connectivity index (χ4v) is 5.32. The van der Waals surface area contributed by atoms with Gasteiger partial charge in [-0.1, -0.05) is 53.0 Å². The highest BCUT2D eigenvalue weighted by Gasteiger charge is 2.61. The molecule has 2 saturated heterocycles. The maximum absolute atomic E-state index is 13.7. The summed E-state index contributed by atoms with van der Waals surface area (Å²) in [6.45, 7) is 0. The zero-order valence-corrected chi connectivity index (χ0v) is 20.7. The van der Waals surface area contributed by atoms with Gasteiger partial charge in [-0.15, -0.1) is 0 Å². The molecule has 0 unspecified atom stereocenters. The van der Waals surface area contributed by atoms with Crippen molar-refractivity contribution in [1.29, 1.82) is 0 Å². The molecule has 4 aromatic rings. The van der Waals surface area contributed by atoms with Gasteiger partial charge in [-0.2, -0.15) is 0 Å².